The van der Waals surface area contributed by atoms with Crippen molar-refractivity contribution in [1.82, 2.24) is 0 Å². The number of hydrogen-bond donors (Lipinski definition) is 0. The Morgan fingerprint density at radius 1 is 0.719 bits per heavy atom. The smallest absolute Gasteiger partial charge is 0.426 e. The van der Waals surface area contributed by atoms with Crippen molar-refractivity contribution in [2.45, 2.75) is 31.8 Å². The van der Waals surface area contributed by atoms with Gasteiger partial charge in [-0.3, -0.25) is 0 Å². The van der Waals surface area contributed by atoms with Gasteiger partial charge in [0.1, 0.15) is 11.6 Å². The summed E-state index contributed by atoms with van der Waals surface area (Å²) in [5.41, 5.74) is 1.92. The number of hydrogen-bond acceptors (Lipinski definition) is 1. The largest absolute Gasteiger partial charge is 0.429 e. The first-order valence-corrected chi connectivity index (χ1v) is 10.1. The van der Waals surface area contributed by atoms with Crippen LogP contribution < -0.4 is 4.74 Å². The third-order valence-corrected chi connectivity index (χ3v) is 5.37. The summed E-state index contributed by atoms with van der Waals surface area (Å²) in [6.45, 7) is 0. The van der Waals surface area contributed by atoms with Crippen LogP contribution in [0.5, 0.6) is 5.75 Å². The third kappa shape index (κ3) is 4.52. The summed E-state index contributed by atoms with van der Waals surface area (Å²) in [7, 11) is 0. The van der Waals surface area contributed by atoms with Gasteiger partial charge >= 0.3 is 6.11 Å². The Kier molecular flexibility index (Phi) is 6.00. The predicted molar refractivity (Wildman–Crippen MR) is 109 cm³/mol. The van der Waals surface area contributed by atoms with Crippen molar-refractivity contribution in [1.29, 1.82) is 0 Å². The fraction of sp³-hybridized carbons (Fsp3) is 0.200. The third-order valence-electron chi connectivity index (χ3n) is 5.37. The van der Waals surface area contributed by atoms with E-state index in [2.05, 4.69) is 10.8 Å². The first kappa shape index (κ1) is 22.0. The standard InChI is InChI=1S/C25H18F6O/c26-21-12-17(15-4-2-1-3-5-15)8-11-20(21)16-6-9-18(10-7-16)25(30,31)32-19-13-22(27)24(29)23(28)14-19/h4,6-14H,1-3,5H2. The van der Waals surface area contributed by atoms with Gasteiger partial charge in [0.25, 0.3) is 0 Å². The highest BCUT2D eigenvalue weighted by atomic mass is 19.3. The highest BCUT2D eigenvalue weighted by molar-refractivity contribution is 5.71. The lowest BCUT2D eigenvalue weighted by Crippen LogP contribution is -2.22. The summed E-state index contributed by atoms with van der Waals surface area (Å²) in [5, 5.41) is 0. The minimum atomic E-state index is -3.95. The molecule has 4 rings (SSSR count). The topological polar surface area (TPSA) is 9.23 Å². The van der Waals surface area contributed by atoms with Gasteiger partial charge in [-0.2, -0.15) is 8.78 Å². The molecule has 0 N–H and O–H groups in total. The monoisotopic (exact) mass is 448 g/mol. The maximum atomic E-state index is 14.7. The van der Waals surface area contributed by atoms with Crippen molar-refractivity contribution in [2.75, 3.05) is 0 Å². The molecular weight excluding hydrogens is 430 g/mol. The Hall–Kier alpha value is -3.22. The normalized spacial score (nSPS) is 14.2. The van der Waals surface area contributed by atoms with Crippen LogP contribution in [0.25, 0.3) is 16.7 Å². The van der Waals surface area contributed by atoms with E-state index in [1.807, 2.05) is 0 Å². The van der Waals surface area contributed by atoms with Crippen LogP contribution in [0.4, 0.5) is 26.3 Å². The molecule has 0 heterocycles. The molecule has 0 bridgehead atoms. The zero-order valence-corrected chi connectivity index (χ0v) is 16.8. The van der Waals surface area contributed by atoms with Crippen LogP contribution in [0.1, 0.15) is 36.8 Å². The van der Waals surface area contributed by atoms with Gasteiger partial charge in [-0.25, -0.2) is 17.6 Å². The molecule has 0 saturated carbocycles. The predicted octanol–water partition coefficient (Wildman–Crippen LogP) is 8.00. The van der Waals surface area contributed by atoms with E-state index >= 15 is 0 Å². The molecule has 0 aliphatic heterocycles. The lowest BCUT2D eigenvalue weighted by Gasteiger charge is -2.19. The molecule has 1 nitrogen and oxygen atoms in total. The molecule has 3 aromatic rings. The molecule has 0 radical (unpaired) electrons. The maximum Gasteiger partial charge on any atom is 0.426 e. The van der Waals surface area contributed by atoms with E-state index in [-0.39, 0.29) is 5.56 Å². The fourth-order valence-corrected chi connectivity index (χ4v) is 3.69. The molecule has 0 saturated heterocycles. The van der Waals surface area contributed by atoms with Gasteiger partial charge < -0.3 is 4.74 Å². The Morgan fingerprint density at radius 3 is 1.97 bits per heavy atom. The maximum absolute atomic E-state index is 14.7. The Balaban J connectivity index is 1.55. The number of alkyl halides is 2. The van der Waals surface area contributed by atoms with Crippen molar-refractivity contribution in [3.05, 3.63) is 95.1 Å². The minimum absolute atomic E-state index is 0.253. The average molecular weight is 448 g/mol. The van der Waals surface area contributed by atoms with Gasteiger partial charge in [-0.15, -0.1) is 0 Å². The zero-order chi connectivity index (χ0) is 22.9. The summed E-state index contributed by atoms with van der Waals surface area (Å²) in [4.78, 5) is 0. The molecule has 0 aromatic heterocycles. The van der Waals surface area contributed by atoms with Crippen molar-refractivity contribution >= 4 is 5.57 Å². The van der Waals surface area contributed by atoms with Gasteiger partial charge in [0, 0.05) is 17.7 Å². The van der Waals surface area contributed by atoms with Gasteiger partial charge in [0.05, 0.1) is 5.56 Å². The second-order valence-corrected chi connectivity index (χ2v) is 7.57. The van der Waals surface area contributed by atoms with E-state index in [0.29, 0.717) is 17.7 Å². The highest BCUT2D eigenvalue weighted by Gasteiger charge is 2.35. The molecule has 1 aliphatic carbocycles. The van der Waals surface area contributed by atoms with E-state index in [1.54, 1.807) is 12.1 Å². The van der Waals surface area contributed by atoms with E-state index in [1.165, 1.54) is 18.2 Å². The summed E-state index contributed by atoms with van der Waals surface area (Å²) >= 11 is 0. The Morgan fingerprint density at radius 2 is 1.38 bits per heavy atom. The number of allylic oxidation sites excluding steroid dienone is 2. The molecule has 3 aromatic carbocycles. The summed E-state index contributed by atoms with van der Waals surface area (Å²) in [5.74, 6) is -6.41. The van der Waals surface area contributed by atoms with Crippen molar-refractivity contribution < 1.29 is 31.1 Å². The molecule has 0 atom stereocenters. The van der Waals surface area contributed by atoms with Gasteiger partial charge in [-0.1, -0.05) is 30.3 Å². The fourth-order valence-electron chi connectivity index (χ4n) is 3.69. The molecule has 1 aliphatic rings. The van der Waals surface area contributed by atoms with Crippen LogP contribution >= 0.6 is 0 Å². The van der Waals surface area contributed by atoms with Gasteiger partial charge in [0.2, 0.25) is 0 Å². The zero-order valence-electron chi connectivity index (χ0n) is 16.8. The van der Waals surface area contributed by atoms with E-state index in [4.69, 9.17) is 0 Å². The molecular formula is C25H18F6O. The van der Waals surface area contributed by atoms with Gasteiger partial charge in [0.15, 0.2) is 17.5 Å². The second-order valence-electron chi connectivity index (χ2n) is 7.57. The van der Waals surface area contributed by atoms with E-state index in [9.17, 15) is 26.3 Å². The Bertz CT molecular complexity index is 1140. The molecule has 166 valence electrons. The molecule has 0 fully saturated rings. The van der Waals surface area contributed by atoms with Gasteiger partial charge in [-0.05, 0) is 60.6 Å². The highest BCUT2D eigenvalue weighted by Crippen LogP contribution is 2.35. The van der Waals surface area contributed by atoms with Crippen LogP contribution in [0, 0.1) is 23.3 Å². The van der Waals surface area contributed by atoms with Crippen LogP contribution in [-0.4, -0.2) is 0 Å². The van der Waals surface area contributed by atoms with Crippen molar-refractivity contribution in [2.24, 2.45) is 0 Å². The molecule has 0 spiro atoms. The first-order valence-electron chi connectivity index (χ1n) is 10.1. The lowest BCUT2D eigenvalue weighted by molar-refractivity contribution is -0.185. The number of ether oxygens (including phenoxy) is 1. The van der Waals surface area contributed by atoms with Crippen molar-refractivity contribution in [3.63, 3.8) is 0 Å². The molecule has 32 heavy (non-hydrogen) atoms. The van der Waals surface area contributed by atoms with Crippen LogP contribution in [0.2, 0.25) is 0 Å². The molecule has 0 amide bonds. The van der Waals surface area contributed by atoms with Crippen LogP contribution in [0.15, 0.2) is 60.7 Å². The average Bonchev–Trinajstić information content (AvgIpc) is 2.78. The van der Waals surface area contributed by atoms with E-state index in [0.717, 1.165) is 49.0 Å². The lowest BCUT2D eigenvalue weighted by atomic mass is 9.92. The number of rotatable bonds is 5. The first-order chi connectivity index (χ1) is 15.2. The Labute approximate surface area is 181 Å². The quantitative estimate of drug-likeness (QED) is 0.284. The number of benzene rings is 3. The molecule has 0 unspecified atom stereocenters. The second kappa shape index (κ2) is 8.73. The molecule has 7 heteroatoms. The van der Waals surface area contributed by atoms with E-state index < -0.39 is 40.7 Å². The summed E-state index contributed by atoms with van der Waals surface area (Å²) in [6.07, 6.45) is 2.19. The number of halogens is 6. The van der Waals surface area contributed by atoms with Crippen LogP contribution in [0.3, 0.4) is 0 Å². The minimum Gasteiger partial charge on any atom is -0.429 e. The summed E-state index contributed by atoms with van der Waals surface area (Å²) in [6, 6.07) is 10.2. The summed E-state index contributed by atoms with van der Waals surface area (Å²) < 4.78 is 87.5. The van der Waals surface area contributed by atoms with Crippen molar-refractivity contribution in [3.8, 4) is 16.9 Å². The van der Waals surface area contributed by atoms with Crippen LogP contribution in [-0.2, 0) is 6.11 Å². The SMILES string of the molecule is Fc1cc(C2=CCCCC2)ccc1-c1ccc(C(F)(F)Oc2cc(F)c(F)c(F)c2)cc1.